The van der Waals surface area contributed by atoms with E-state index >= 15 is 0 Å². The maximum Gasteiger partial charge on any atom is 0.215 e. The molecule has 7 nitrogen and oxygen atoms in total. The van der Waals surface area contributed by atoms with E-state index in [0.717, 1.165) is 0 Å². The second-order valence-electron chi connectivity index (χ2n) is 3.52. The summed E-state index contributed by atoms with van der Waals surface area (Å²) in [4.78, 5) is 9.38. The normalized spacial score (nSPS) is 15.9. The van der Waals surface area contributed by atoms with Crippen molar-refractivity contribution in [3.63, 3.8) is 0 Å². The van der Waals surface area contributed by atoms with E-state index in [1.165, 1.54) is 5.17 Å². The van der Waals surface area contributed by atoms with Gasteiger partial charge in [-0.15, -0.1) is 0 Å². The number of nitrogens with zero attached hydrogens (tertiary/aromatic N) is 2. The third-order valence-electron chi connectivity index (χ3n) is 2.16. The Balaban J connectivity index is 2.12. The monoisotopic (exact) mass is 238 g/mol. The van der Waals surface area contributed by atoms with Crippen LogP contribution in [0.15, 0.2) is 29.3 Å². The van der Waals surface area contributed by atoms with Crippen LogP contribution in [0.3, 0.4) is 0 Å². The van der Waals surface area contributed by atoms with Crippen LogP contribution in [0, 0.1) is 0 Å². The molecule has 1 aromatic carbocycles. The Kier molecular flexibility index (Phi) is 3.43. The number of fused-ring (bicyclic) bond motifs is 1. The first-order valence-electron chi connectivity index (χ1n) is 5.12. The highest BCUT2D eigenvalue weighted by Crippen LogP contribution is 2.29. The molecule has 0 bridgehead atoms. The highest BCUT2D eigenvalue weighted by molar-refractivity contribution is 5.88. The van der Waals surface area contributed by atoms with Gasteiger partial charge in [-0.1, -0.05) is 12.1 Å². The number of aliphatic hydroxyl groups is 2. The first kappa shape index (κ1) is 11.6. The zero-order valence-corrected chi connectivity index (χ0v) is 9.08. The molecule has 2 rings (SSSR count). The molecule has 1 atom stereocenters. The van der Waals surface area contributed by atoms with Crippen LogP contribution in [-0.4, -0.2) is 35.5 Å². The number of hydrazine groups is 1. The summed E-state index contributed by atoms with van der Waals surface area (Å²) < 4.78 is 0. The summed E-state index contributed by atoms with van der Waals surface area (Å²) in [5, 5.41) is 19.2. The molecule has 0 radical (unpaired) electrons. The standard InChI is InChI=1S/C10H14N4O3/c11-10-12-8-3-1-2-4-9(8)14(13-10)17-6-7(16)5-15/h1-4,7,15-16H,5-6H2,(H3,11,12,13). The van der Waals surface area contributed by atoms with E-state index in [0.29, 0.717) is 11.4 Å². The van der Waals surface area contributed by atoms with Crippen molar-refractivity contribution in [2.75, 3.05) is 18.4 Å². The Bertz CT molecular complexity index is 424. The molecule has 1 aromatic rings. The second-order valence-corrected chi connectivity index (χ2v) is 3.52. The minimum atomic E-state index is -0.941. The van der Waals surface area contributed by atoms with Crippen LogP contribution in [0.2, 0.25) is 0 Å². The van der Waals surface area contributed by atoms with Crippen LogP contribution in [0.4, 0.5) is 11.4 Å². The van der Waals surface area contributed by atoms with Crippen molar-refractivity contribution in [2.24, 2.45) is 10.7 Å². The molecule has 1 unspecified atom stereocenters. The molecule has 0 amide bonds. The average Bonchev–Trinajstić information content (AvgIpc) is 2.35. The molecule has 0 aliphatic carbocycles. The number of hydrogen-bond acceptors (Lipinski definition) is 7. The van der Waals surface area contributed by atoms with Crippen LogP contribution in [0.1, 0.15) is 0 Å². The summed E-state index contributed by atoms with van der Waals surface area (Å²) in [6, 6.07) is 7.25. The van der Waals surface area contributed by atoms with Gasteiger partial charge in [0.05, 0.1) is 12.3 Å². The minimum absolute atomic E-state index is 0.0505. The smallest absolute Gasteiger partial charge is 0.215 e. The van der Waals surface area contributed by atoms with E-state index in [9.17, 15) is 5.11 Å². The number of aliphatic imine (C=N–C) groups is 1. The molecule has 7 heteroatoms. The molecule has 0 saturated heterocycles. The van der Waals surface area contributed by atoms with Gasteiger partial charge < -0.3 is 15.9 Å². The number of rotatable bonds is 4. The summed E-state index contributed by atoms with van der Waals surface area (Å²) in [5.41, 5.74) is 9.64. The molecule has 1 heterocycles. The van der Waals surface area contributed by atoms with Crippen molar-refractivity contribution in [3.05, 3.63) is 24.3 Å². The summed E-state index contributed by atoms with van der Waals surface area (Å²) >= 11 is 0. The molecule has 1 aliphatic rings. The number of aliphatic hydroxyl groups excluding tert-OH is 2. The number of para-hydroxylation sites is 2. The topological polar surface area (TPSA) is 103 Å². The molecule has 5 N–H and O–H groups in total. The number of nitrogens with one attached hydrogen (secondary N) is 1. The summed E-state index contributed by atoms with van der Waals surface area (Å²) in [7, 11) is 0. The zero-order chi connectivity index (χ0) is 12.3. The number of benzene rings is 1. The fraction of sp³-hybridized carbons (Fsp3) is 0.300. The van der Waals surface area contributed by atoms with Crippen LogP contribution in [0.25, 0.3) is 0 Å². The Morgan fingerprint density at radius 3 is 3.00 bits per heavy atom. The van der Waals surface area contributed by atoms with Crippen molar-refractivity contribution >= 4 is 17.3 Å². The molecule has 0 spiro atoms. The van der Waals surface area contributed by atoms with Gasteiger partial charge in [-0.2, -0.15) is 5.17 Å². The molecule has 1 aliphatic heterocycles. The van der Waals surface area contributed by atoms with Crippen LogP contribution in [-0.2, 0) is 4.84 Å². The van der Waals surface area contributed by atoms with Gasteiger partial charge in [-0.05, 0) is 12.1 Å². The van der Waals surface area contributed by atoms with E-state index in [1.807, 2.05) is 12.1 Å². The van der Waals surface area contributed by atoms with Crippen LogP contribution < -0.4 is 16.3 Å². The lowest BCUT2D eigenvalue weighted by Gasteiger charge is -2.29. The van der Waals surface area contributed by atoms with Gasteiger partial charge in [0.1, 0.15) is 18.4 Å². The Hall–Kier alpha value is -1.83. The van der Waals surface area contributed by atoms with Gasteiger partial charge >= 0.3 is 0 Å². The summed E-state index contributed by atoms with van der Waals surface area (Å²) in [6.07, 6.45) is -0.941. The van der Waals surface area contributed by atoms with Crippen LogP contribution in [0.5, 0.6) is 0 Å². The van der Waals surface area contributed by atoms with Crippen molar-refractivity contribution in [2.45, 2.75) is 6.10 Å². The molecule has 0 saturated carbocycles. The predicted octanol–water partition coefficient (Wildman–Crippen LogP) is -0.758. The van der Waals surface area contributed by atoms with E-state index < -0.39 is 6.10 Å². The lowest BCUT2D eigenvalue weighted by Crippen LogP contribution is -2.49. The molecular formula is C10H14N4O3. The molecular weight excluding hydrogens is 224 g/mol. The van der Waals surface area contributed by atoms with Gasteiger partial charge in [0.25, 0.3) is 0 Å². The largest absolute Gasteiger partial charge is 0.394 e. The summed E-state index contributed by atoms with van der Waals surface area (Å²) in [5.74, 6) is 0.196. The Labute approximate surface area is 98.1 Å². The fourth-order valence-corrected chi connectivity index (χ4v) is 1.36. The lowest BCUT2D eigenvalue weighted by molar-refractivity contribution is -0.00916. The SMILES string of the molecule is NC1=Nc2ccccc2N(OCC(O)CO)N1. The van der Waals surface area contributed by atoms with Crippen LogP contribution >= 0.6 is 0 Å². The predicted molar refractivity (Wildman–Crippen MR) is 62.4 cm³/mol. The third kappa shape index (κ3) is 2.64. The lowest BCUT2D eigenvalue weighted by atomic mass is 10.2. The zero-order valence-electron chi connectivity index (χ0n) is 9.08. The Morgan fingerprint density at radius 2 is 2.24 bits per heavy atom. The van der Waals surface area contributed by atoms with Crippen molar-refractivity contribution < 1.29 is 15.1 Å². The first-order chi connectivity index (χ1) is 8.20. The third-order valence-corrected chi connectivity index (χ3v) is 2.16. The molecule has 0 fully saturated rings. The minimum Gasteiger partial charge on any atom is -0.394 e. The fourth-order valence-electron chi connectivity index (χ4n) is 1.36. The quantitative estimate of drug-likeness (QED) is 0.550. The van der Waals surface area contributed by atoms with Gasteiger partial charge in [-0.25, -0.2) is 10.4 Å². The number of guanidine groups is 1. The van der Waals surface area contributed by atoms with E-state index in [1.54, 1.807) is 12.1 Å². The first-order valence-corrected chi connectivity index (χ1v) is 5.12. The highest BCUT2D eigenvalue weighted by atomic mass is 16.7. The maximum atomic E-state index is 9.21. The van der Waals surface area contributed by atoms with E-state index in [-0.39, 0.29) is 19.2 Å². The number of hydrogen-bond donors (Lipinski definition) is 4. The average molecular weight is 238 g/mol. The van der Waals surface area contributed by atoms with Gasteiger partial charge in [0.15, 0.2) is 0 Å². The number of anilines is 1. The van der Waals surface area contributed by atoms with Gasteiger partial charge in [0, 0.05) is 0 Å². The van der Waals surface area contributed by atoms with E-state index in [2.05, 4.69) is 10.4 Å². The van der Waals surface area contributed by atoms with Gasteiger partial charge in [-0.3, -0.25) is 4.84 Å². The Morgan fingerprint density at radius 1 is 1.47 bits per heavy atom. The van der Waals surface area contributed by atoms with Crippen molar-refractivity contribution in [3.8, 4) is 0 Å². The van der Waals surface area contributed by atoms with Crippen molar-refractivity contribution in [1.82, 2.24) is 5.43 Å². The highest BCUT2D eigenvalue weighted by Gasteiger charge is 2.18. The van der Waals surface area contributed by atoms with E-state index in [4.69, 9.17) is 15.7 Å². The number of nitrogens with two attached hydrogens (primary N) is 1. The molecule has 17 heavy (non-hydrogen) atoms. The molecule has 0 aromatic heterocycles. The second kappa shape index (κ2) is 5.00. The van der Waals surface area contributed by atoms with Crippen molar-refractivity contribution in [1.29, 1.82) is 0 Å². The van der Waals surface area contributed by atoms with Gasteiger partial charge in [0.2, 0.25) is 5.96 Å². The maximum absolute atomic E-state index is 9.21. The summed E-state index contributed by atoms with van der Waals surface area (Å²) in [6.45, 7) is -0.413. The molecule has 92 valence electrons.